The Morgan fingerprint density at radius 3 is 2.36 bits per heavy atom. The molecule has 1 amide bonds. The van der Waals surface area contributed by atoms with Gasteiger partial charge in [0.1, 0.15) is 5.82 Å². The molecular weight excluding hydrogens is 434 g/mol. The minimum absolute atomic E-state index is 0.00924. The SMILES string of the molecule is CC(=O)c1ccc(NC(=O)CSc2nnc(Cc3cccn3C)n2-c2ccc(C)cc2)cc1. The zero-order valence-corrected chi connectivity index (χ0v) is 19.6. The number of aromatic nitrogens is 4. The number of carbonyl (C=O) groups excluding carboxylic acids is 2. The van der Waals surface area contributed by atoms with Crippen LogP contribution in [0, 0.1) is 6.92 Å². The van der Waals surface area contributed by atoms with Crippen LogP contribution in [-0.4, -0.2) is 36.8 Å². The number of anilines is 1. The fraction of sp³-hybridized carbons (Fsp3) is 0.200. The van der Waals surface area contributed by atoms with Gasteiger partial charge in [-0.25, -0.2) is 0 Å². The first-order valence-corrected chi connectivity index (χ1v) is 11.5. The Hall–Kier alpha value is -3.65. The Morgan fingerprint density at radius 1 is 1.00 bits per heavy atom. The monoisotopic (exact) mass is 459 g/mol. The van der Waals surface area contributed by atoms with Crippen molar-refractivity contribution in [2.24, 2.45) is 7.05 Å². The van der Waals surface area contributed by atoms with Crippen LogP contribution in [0.2, 0.25) is 0 Å². The largest absolute Gasteiger partial charge is 0.354 e. The van der Waals surface area contributed by atoms with E-state index in [1.165, 1.54) is 24.2 Å². The third kappa shape index (κ3) is 5.40. The molecule has 7 nitrogen and oxygen atoms in total. The Bertz CT molecular complexity index is 1270. The molecule has 0 atom stereocenters. The Labute approximate surface area is 196 Å². The van der Waals surface area contributed by atoms with Gasteiger partial charge in [0, 0.05) is 42.3 Å². The van der Waals surface area contributed by atoms with Gasteiger partial charge < -0.3 is 9.88 Å². The van der Waals surface area contributed by atoms with Crippen molar-refractivity contribution >= 4 is 29.1 Å². The van der Waals surface area contributed by atoms with Crippen LogP contribution in [0.3, 0.4) is 0 Å². The second-order valence-electron chi connectivity index (χ2n) is 7.83. The first kappa shape index (κ1) is 22.5. The fourth-order valence-electron chi connectivity index (χ4n) is 3.42. The molecule has 4 rings (SSSR count). The van der Waals surface area contributed by atoms with Crippen LogP contribution in [0.1, 0.15) is 34.4 Å². The van der Waals surface area contributed by atoms with Crippen molar-refractivity contribution < 1.29 is 9.59 Å². The van der Waals surface area contributed by atoms with Gasteiger partial charge in [0.25, 0.3) is 0 Å². The molecule has 0 aliphatic heterocycles. The van der Waals surface area contributed by atoms with Crippen LogP contribution in [0.5, 0.6) is 0 Å². The first-order chi connectivity index (χ1) is 15.9. The number of rotatable bonds is 8. The van der Waals surface area contributed by atoms with Gasteiger partial charge in [0.05, 0.1) is 5.75 Å². The number of Topliss-reactive ketones (excluding diaryl/α,β-unsaturated/α-hetero) is 1. The lowest BCUT2D eigenvalue weighted by atomic mass is 10.1. The third-order valence-electron chi connectivity index (χ3n) is 5.29. The lowest BCUT2D eigenvalue weighted by Crippen LogP contribution is -2.15. The molecule has 168 valence electrons. The minimum atomic E-state index is -0.155. The molecule has 0 aliphatic carbocycles. The lowest BCUT2D eigenvalue weighted by Gasteiger charge is -2.11. The molecule has 0 bridgehead atoms. The summed E-state index contributed by atoms with van der Waals surface area (Å²) < 4.78 is 4.07. The second kappa shape index (κ2) is 9.87. The molecule has 0 saturated carbocycles. The van der Waals surface area contributed by atoms with E-state index < -0.39 is 0 Å². The van der Waals surface area contributed by atoms with Crippen LogP contribution in [-0.2, 0) is 18.3 Å². The number of hydrogen-bond acceptors (Lipinski definition) is 5. The highest BCUT2D eigenvalue weighted by molar-refractivity contribution is 7.99. The quantitative estimate of drug-likeness (QED) is 0.311. The number of nitrogens with one attached hydrogen (secondary N) is 1. The second-order valence-corrected chi connectivity index (χ2v) is 8.77. The summed E-state index contributed by atoms with van der Waals surface area (Å²) in [4.78, 5) is 24.0. The summed E-state index contributed by atoms with van der Waals surface area (Å²) in [5.41, 5.74) is 4.51. The van der Waals surface area contributed by atoms with Gasteiger partial charge >= 0.3 is 0 Å². The van der Waals surface area contributed by atoms with Crippen molar-refractivity contribution in [1.82, 2.24) is 19.3 Å². The van der Waals surface area contributed by atoms with Gasteiger partial charge in [0.15, 0.2) is 10.9 Å². The Kier molecular flexibility index (Phi) is 6.74. The van der Waals surface area contributed by atoms with E-state index in [1.54, 1.807) is 24.3 Å². The van der Waals surface area contributed by atoms with Crippen LogP contribution < -0.4 is 5.32 Å². The van der Waals surface area contributed by atoms with E-state index in [2.05, 4.69) is 26.1 Å². The number of ketones is 1. The van der Waals surface area contributed by atoms with E-state index in [-0.39, 0.29) is 17.4 Å². The summed E-state index contributed by atoms with van der Waals surface area (Å²) in [6.45, 7) is 3.56. The van der Waals surface area contributed by atoms with Crippen molar-refractivity contribution in [2.45, 2.75) is 25.4 Å². The molecule has 8 heteroatoms. The smallest absolute Gasteiger partial charge is 0.234 e. The molecule has 2 aromatic heterocycles. The highest BCUT2D eigenvalue weighted by atomic mass is 32.2. The van der Waals surface area contributed by atoms with Crippen LogP contribution in [0.25, 0.3) is 5.69 Å². The van der Waals surface area contributed by atoms with E-state index >= 15 is 0 Å². The molecule has 0 aliphatic rings. The molecule has 0 saturated heterocycles. The summed E-state index contributed by atoms with van der Waals surface area (Å²) in [7, 11) is 2.00. The zero-order valence-electron chi connectivity index (χ0n) is 18.8. The van der Waals surface area contributed by atoms with E-state index in [0.717, 1.165) is 17.2 Å². The lowest BCUT2D eigenvalue weighted by molar-refractivity contribution is -0.113. The highest BCUT2D eigenvalue weighted by Crippen LogP contribution is 2.24. The molecule has 0 spiro atoms. The number of thioether (sulfide) groups is 1. The summed E-state index contributed by atoms with van der Waals surface area (Å²) >= 11 is 1.34. The van der Waals surface area contributed by atoms with Crippen molar-refractivity contribution in [3.63, 3.8) is 0 Å². The Balaban J connectivity index is 1.51. The predicted octanol–water partition coefficient (Wildman–Crippen LogP) is 4.44. The van der Waals surface area contributed by atoms with Gasteiger partial charge in [-0.05, 0) is 62.4 Å². The fourth-order valence-corrected chi connectivity index (χ4v) is 4.19. The van der Waals surface area contributed by atoms with Crippen molar-refractivity contribution in [3.8, 4) is 5.69 Å². The summed E-state index contributed by atoms with van der Waals surface area (Å²) in [5.74, 6) is 0.828. The summed E-state index contributed by atoms with van der Waals surface area (Å²) in [5, 5.41) is 12.3. The van der Waals surface area contributed by atoms with E-state index in [9.17, 15) is 9.59 Å². The summed E-state index contributed by atoms with van der Waals surface area (Å²) in [6, 6.07) is 19.1. The molecule has 0 radical (unpaired) electrons. The number of benzene rings is 2. The van der Waals surface area contributed by atoms with Crippen LogP contribution >= 0.6 is 11.8 Å². The molecular formula is C25H25N5O2S. The standard InChI is InChI=1S/C25H25N5O2S/c1-17-6-12-21(13-7-17)30-23(15-22-5-4-14-29(22)3)27-28-25(30)33-16-24(32)26-20-10-8-19(9-11-20)18(2)31/h4-14H,15-16H2,1-3H3,(H,26,32). The topological polar surface area (TPSA) is 81.8 Å². The van der Waals surface area contributed by atoms with Gasteiger partial charge in [0.2, 0.25) is 5.91 Å². The molecule has 2 aromatic carbocycles. The van der Waals surface area contributed by atoms with Crippen LogP contribution in [0.4, 0.5) is 5.69 Å². The summed E-state index contributed by atoms with van der Waals surface area (Å²) in [6.07, 6.45) is 2.63. The van der Waals surface area contributed by atoms with Gasteiger partial charge in [-0.1, -0.05) is 29.5 Å². The average Bonchev–Trinajstić information content (AvgIpc) is 3.39. The highest BCUT2D eigenvalue weighted by Gasteiger charge is 2.17. The maximum Gasteiger partial charge on any atom is 0.234 e. The van der Waals surface area contributed by atoms with Crippen molar-refractivity contribution in [3.05, 3.63) is 89.5 Å². The number of hydrogen-bond donors (Lipinski definition) is 1. The average molecular weight is 460 g/mol. The van der Waals surface area contributed by atoms with Gasteiger partial charge in [-0.15, -0.1) is 10.2 Å². The molecule has 0 fully saturated rings. The normalized spacial score (nSPS) is 10.9. The number of carbonyl (C=O) groups is 2. The molecule has 4 aromatic rings. The number of nitrogens with zero attached hydrogens (tertiary/aromatic N) is 4. The minimum Gasteiger partial charge on any atom is -0.354 e. The number of aryl methyl sites for hydroxylation is 2. The molecule has 0 unspecified atom stereocenters. The first-order valence-electron chi connectivity index (χ1n) is 10.6. The predicted molar refractivity (Wildman–Crippen MR) is 130 cm³/mol. The van der Waals surface area contributed by atoms with Gasteiger partial charge in [-0.3, -0.25) is 14.2 Å². The molecule has 33 heavy (non-hydrogen) atoms. The zero-order chi connectivity index (χ0) is 23.4. The maximum absolute atomic E-state index is 12.5. The van der Waals surface area contributed by atoms with E-state index in [1.807, 2.05) is 55.1 Å². The number of amides is 1. The van der Waals surface area contributed by atoms with E-state index in [0.29, 0.717) is 22.8 Å². The Morgan fingerprint density at radius 2 is 1.73 bits per heavy atom. The van der Waals surface area contributed by atoms with Gasteiger partial charge in [-0.2, -0.15) is 0 Å². The molecule has 2 heterocycles. The van der Waals surface area contributed by atoms with Crippen LogP contribution in [0.15, 0.2) is 72.0 Å². The van der Waals surface area contributed by atoms with Crippen molar-refractivity contribution in [1.29, 1.82) is 0 Å². The van der Waals surface area contributed by atoms with E-state index in [4.69, 9.17) is 0 Å². The maximum atomic E-state index is 12.5. The van der Waals surface area contributed by atoms with Crippen molar-refractivity contribution in [2.75, 3.05) is 11.1 Å². The molecule has 1 N–H and O–H groups in total. The third-order valence-corrected chi connectivity index (χ3v) is 6.22.